The molecule has 1 saturated heterocycles. The molecule has 0 bridgehead atoms. The Labute approximate surface area is 55.8 Å². The molecule has 54 valence electrons. The van der Waals surface area contributed by atoms with Crippen LogP contribution in [0.25, 0.3) is 0 Å². The van der Waals surface area contributed by atoms with Crippen molar-refractivity contribution in [3.8, 4) is 0 Å². The maximum absolute atomic E-state index is 5.31. The van der Waals surface area contributed by atoms with Gasteiger partial charge in [0, 0.05) is 26.2 Å². The van der Waals surface area contributed by atoms with Crippen LogP contribution in [0.5, 0.6) is 0 Å². The van der Waals surface area contributed by atoms with E-state index in [0.29, 0.717) is 0 Å². The van der Waals surface area contributed by atoms with Gasteiger partial charge in [-0.05, 0) is 6.92 Å². The molecule has 1 heterocycles. The van der Waals surface area contributed by atoms with Gasteiger partial charge in [0.1, 0.15) is 6.23 Å². The summed E-state index contributed by atoms with van der Waals surface area (Å²) in [6.07, 6.45) is 0.240. The number of ether oxygens (including phenoxy) is 1. The van der Waals surface area contributed by atoms with Crippen LogP contribution in [0, 0.1) is 0 Å². The summed E-state index contributed by atoms with van der Waals surface area (Å²) in [6.45, 7) is 5.82. The first-order valence-corrected chi connectivity index (χ1v) is 3.49. The Morgan fingerprint density at radius 2 is 2.44 bits per heavy atom. The molecule has 9 heavy (non-hydrogen) atoms. The van der Waals surface area contributed by atoms with Crippen LogP contribution in [0.3, 0.4) is 0 Å². The van der Waals surface area contributed by atoms with E-state index in [0.717, 1.165) is 26.2 Å². The normalized spacial score (nSPS) is 28.3. The highest BCUT2D eigenvalue weighted by molar-refractivity contribution is 4.66. The van der Waals surface area contributed by atoms with E-state index in [2.05, 4.69) is 10.6 Å². The van der Waals surface area contributed by atoms with E-state index in [1.165, 1.54) is 0 Å². The number of hydrogen-bond acceptors (Lipinski definition) is 3. The lowest BCUT2D eigenvalue weighted by atomic mass is 10.4. The molecule has 3 nitrogen and oxygen atoms in total. The molecule has 1 atom stereocenters. The fourth-order valence-electron chi connectivity index (χ4n) is 0.946. The topological polar surface area (TPSA) is 33.3 Å². The van der Waals surface area contributed by atoms with Crippen molar-refractivity contribution in [2.45, 2.75) is 13.2 Å². The van der Waals surface area contributed by atoms with Crippen molar-refractivity contribution in [3.05, 3.63) is 0 Å². The maximum atomic E-state index is 5.31. The highest BCUT2D eigenvalue weighted by Gasteiger charge is 2.09. The zero-order valence-corrected chi connectivity index (χ0v) is 5.81. The van der Waals surface area contributed by atoms with Crippen LogP contribution in [0.4, 0.5) is 0 Å². The van der Waals surface area contributed by atoms with Crippen molar-refractivity contribution < 1.29 is 4.74 Å². The maximum Gasteiger partial charge on any atom is 0.120 e. The van der Waals surface area contributed by atoms with Gasteiger partial charge in [0.05, 0.1) is 0 Å². The van der Waals surface area contributed by atoms with Crippen molar-refractivity contribution in [1.29, 1.82) is 0 Å². The van der Waals surface area contributed by atoms with Crippen LogP contribution < -0.4 is 10.6 Å². The molecule has 0 spiro atoms. The van der Waals surface area contributed by atoms with Crippen LogP contribution in [0.1, 0.15) is 6.92 Å². The lowest BCUT2D eigenvalue weighted by Crippen LogP contribution is -2.49. The van der Waals surface area contributed by atoms with E-state index in [-0.39, 0.29) is 6.23 Å². The van der Waals surface area contributed by atoms with Crippen LogP contribution >= 0.6 is 0 Å². The summed E-state index contributed by atoms with van der Waals surface area (Å²) in [5.74, 6) is 0. The van der Waals surface area contributed by atoms with Gasteiger partial charge in [-0.1, -0.05) is 0 Å². The summed E-state index contributed by atoms with van der Waals surface area (Å²) in [5.41, 5.74) is 0. The van der Waals surface area contributed by atoms with Crippen LogP contribution in [-0.4, -0.2) is 32.5 Å². The number of rotatable bonds is 2. The number of piperazine rings is 1. The third kappa shape index (κ3) is 2.30. The molecule has 0 unspecified atom stereocenters. The molecule has 2 N–H and O–H groups in total. The summed E-state index contributed by atoms with van der Waals surface area (Å²) in [6, 6.07) is 0. The average Bonchev–Trinajstić information content (AvgIpc) is 1.91. The first-order valence-electron chi connectivity index (χ1n) is 3.49. The summed E-state index contributed by atoms with van der Waals surface area (Å²) >= 11 is 0. The van der Waals surface area contributed by atoms with E-state index >= 15 is 0 Å². The Morgan fingerprint density at radius 1 is 1.56 bits per heavy atom. The van der Waals surface area contributed by atoms with Crippen LogP contribution in [0.15, 0.2) is 0 Å². The highest BCUT2D eigenvalue weighted by atomic mass is 16.5. The SMILES string of the molecule is CCO[C@H]1CNCCN1. The molecule has 1 aliphatic heterocycles. The summed E-state index contributed by atoms with van der Waals surface area (Å²) in [4.78, 5) is 0. The first kappa shape index (κ1) is 6.99. The molecule has 0 aromatic heterocycles. The average molecular weight is 130 g/mol. The summed E-state index contributed by atoms with van der Waals surface area (Å²) in [7, 11) is 0. The highest BCUT2D eigenvalue weighted by Crippen LogP contribution is 1.87. The third-order valence-electron chi connectivity index (χ3n) is 1.37. The molecule has 0 aromatic carbocycles. The largest absolute Gasteiger partial charge is 0.362 e. The predicted molar refractivity (Wildman–Crippen MR) is 36.3 cm³/mol. The van der Waals surface area contributed by atoms with Gasteiger partial charge in [0.15, 0.2) is 0 Å². The molecule has 0 aromatic rings. The van der Waals surface area contributed by atoms with E-state index < -0.39 is 0 Å². The Bertz CT molecular complexity index is 68.7. The molecule has 1 fully saturated rings. The van der Waals surface area contributed by atoms with Crippen molar-refractivity contribution >= 4 is 0 Å². The van der Waals surface area contributed by atoms with Gasteiger partial charge in [-0.3, -0.25) is 5.32 Å². The van der Waals surface area contributed by atoms with Crippen LogP contribution in [0.2, 0.25) is 0 Å². The fraction of sp³-hybridized carbons (Fsp3) is 1.00. The molecule has 1 aliphatic rings. The molecule has 1 rings (SSSR count). The molecular weight excluding hydrogens is 116 g/mol. The van der Waals surface area contributed by atoms with E-state index in [9.17, 15) is 0 Å². The van der Waals surface area contributed by atoms with Crippen LogP contribution in [-0.2, 0) is 4.74 Å². The third-order valence-corrected chi connectivity index (χ3v) is 1.37. The smallest absolute Gasteiger partial charge is 0.120 e. The Morgan fingerprint density at radius 3 is 3.00 bits per heavy atom. The monoisotopic (exact) mass is 130 g/mol. The minimum Gasteiger partial charge on any atom is -0.362 e. The Kier molecular flexibility index (Phi) is 2.97. The van der Waals surface area contributed by atoms with Gasteiger partial charge in [0.25, 0.3) is 0 Å². The van der Waals surface area contributed by atoms with Gasteiger partial charge in [0.2, 0.25) is 0 Å². The van der Waals surface area contributed by atoms with E-state index in [4.69, 9.17) is 4.74 Å². The second-order valence-corrected chi connectivity index (χ2v) is 2.10. The Balaban J connectivity index is 2.08. The fourth-order valence-corrected chi connectivity index (χ4v) is 0.946. The zero-order valence-electron chi connectivity index (χ0n) is 5.81. The molecule has 0 aliphatic carbocycles. The standard InChI is InChI=1S/C6H14N2O/c1-2-9-6-5-7-3-4-8-6/h6-8H,2-5H2,1H3/t6-/m0/s1. The quantitative estimate of drug-likeness (QED) is 0.531. The molecule has 0 saturated carbocycles. The number of nitrogens with one attached hydrogen (secondary N) is 2. The minimum atomic E-state index is 0.240. The van der Waals surface area contributed by atoms with Gasteiger partial charge < -0.3 is 10.1 Å². The van der Waals surface area contributed by atoms with Gasteiger partial charge in [-0.15, -0.1) is 0 Å². The first-order chi connectivity index (χ1) is 4.43. The van der Waals surface area contributed by atoms with Crippen molar-refractivity contribution in [2.24, 2.45) is 0 Å². The van der Waals surface area contributed by atoms with Crippen molar-refractivity contribution in [1.82, 2.24) is 10.6 Å². The minimum absolute atomic E-state index is 0.240. The molecule has 0 radical (unpaired) electrons. The second kappa shape index (κ2) is 3.82. The lowest BCUT2D eigenvalue weighted by Gasteiger charge is -2.23. The predicted octanol–water partition coefficient (Wildman–Crippen LogP) is -0.458. The van der Waals surface area contributed by atoms with Gasteiger partial charge >= 0.3 is 0 Å². The molecule has 0 amide bonds. The Hall–Kier alpha value is -0.120. The second-order valence-electron chi connectivity index (χ2n) is 2.10. The number of hydrogen-bond donors (Lipinski definition) is 2. The summed E-state index contributed by atoms with van der Waals surface area (Å²) in [5, 5.41) is 6.47. The summed E-state index contributed by atoms with van der Waals surface area (Å²) < 4.78 is 5.31. The molecular formula is C6H14N2O. The molecule has 3 heteroatoms. The zero-order chi connectivity index (χ0) is 6.53. The van der Waals surface area contributed by atoms with Gasteiger partial charge in [-0.25, -0.2) is 0 Å². The van der Waals surface area contributed by atoms with Crippen molar-refractivity contribution in [3.63, 3.8) is 0 Å². The van der Waals surface area contributed by atoms with Crippen molar-refractivity contribution in [2.75, 3.05) is 26.2 Å². The lowest BCUT2D eigenvalue weighted by molar-refractivity contribution is 0.0293. The van der Waals surface area contributed by atoms with E-state index in [1.54, 1.807) is 0 Å². The van der Waals surface area contributed by atoms with Gasteiger partial charge in [-0.2, -0.15) is 0 Å². The van der Waals surface area contributed by atoms with E-state index in [1.807, 2.05) is 6.92 Å².